The van der Waals surface area contributed by atoms with E-state index in [1.807, 2.05) is 30.5 Å². The zero-order chi connectivity index (χ0) is 19.3. The van der Waals surface area contributed by atoms with Gasteiger partial charge in [-0.05, 0) is 30.3 Å². The third-order valence-electron chi connectivity index (χ3n) is 4.58. The molecule has 2 heterocycles. The molecule has 2 aromatic carbocycles. The van der Waals surface area contributed by atoms with Crippen LogP contribution in [0.15, 0.2) is 54.7 Å². The van der Waals surface area contributed by atoms with E-state index in [9.17, 15) is 4.39 Å². The van der Waals surface area contributed by atoms with Crippen molar-refractivity contribution in [2.45, 2.75) is 12.6 Å². The molecule has 0 bridgehead atoms. The summed E-state index contributed by atoms with van der Waals surface area (Å²) in [6.07, 6.45) is 1.99. The quantitative estimate of drug-likeness (QED) is 0.681. The highest BCUT2D eigenvalue weighted by atomic mass is 35.5. The van der Waals surface area contributed by atoms with Crippen LogP contribution in [0, 0.1) is 5.82 Å². The SMILES string of the molecule is Fc1ccc(-n2cc(CNC[C@@H]3COCCO3)c(-c3ccccc3Cl)n2)cc1. The van der Waals surface area contributed by atoms with Crippen molar-refractivity contribution in [2.75, 3.05) is 26.4 Å². The summed E-state index contributed by atoms with van der Waals surface area (Å²) in [5.74, 6) is -0.279. The Kier molecular flexibility index (Phi) is 6.02. The van der Waals surface area contributed by atoms with Crippen LogP contribution in [0.25, 0.3) is 16.9 Å². The topological polar surface area (TPSA) is 48.3 Å². The number of nitrogens with zero attached hydrogens (tertiary/aromatic N) is 2. The molecule has 1 atom stereocenters. The number of benzene rings is 2. The maximum absolute atomic E-state index is 13.3. The minimum Gasteiger partial charge on any atom is -0.376 e. The van der Waals surface area contributed by atoms with Gasteiger partial charge in [-0.25, -0.2) is 9.07 Å². The molecule has 0 aliphatic carbocycles. The van der Waals surface area contributed by atoms with Crippen LogP contribution < -0.4 is 5.32 Å². The molecule has 7 heteroatoms. The lowest BCUT2D eigenvalue weighted by atomic mass is 10.1. The number of hydrogen-bond donors (Lipinski definition) is 1. The predicted molar refractivity (Wildman–Crippen MR) is 106 cm³/mol. The number of hydrogen-bond acceptors (Lipinski definition) is 4. The first-order chi connectivity index (χ1) is 13.7. The molecule has 28 heavy (non-hydrogen) atoms. The fourth-order valence-electron chi connectivity index (χ4n) is 3.17. The van der Waals surface area contributed by atoms with Crippen LogP contribution in [0.5, 0.6) is 0 Å². The molecule has 4 rings (SSSR count). The number of nitrogens with one attached hydrogen (secondary N) is 1. The first-order valence-electron chi connectivity index (χ1n) is 9.20. The predicted octanol–water partition coefficient (Wildman–Crippen LogP) is 3.84. The maximum Gasteiger partial charge on any atom is 0.123 e. The number of rotatable bonds is 6. The minimum atomic E-state index is -0.279. The Morgan fingerprint density at radius 3 is 2.71 bits per heavy atom. The van der Waals surface area contributed by atoms with E-state index in [2.05, 4.69) is 5.32 Å². The summed E-state index contributed by atoms with van der Waals surface area (Å²) in [7, 11) is 0. The van der Waals surface area contributed by atoms with Crippen LogP contribution in [0.1, 0.15) is 5.56 Å². The summed E-state index contributed by atoms with van der Waals surface area (Å²) in [5.41, 5.74) is 3.43. The van der Waals surface area contributed by atoms with Crippen LogP contribution in [-0.2, 0) is 16.0 Å². The van der Waals surface area contributed by atoms with E-state index in [1.165, 1.54) is 12.1 Å². The Hall–Kier alpha value is -2.25. The molecule has 0 saturated carbocycles. The van der Waals surface area contributed by atoms with Gasteiger partial charge in [-0.3, -0.25) is 0 Å². The van der Waals surface area contributed by atoms with Crippen LogP contribution >= 0.6 is 11.6 Å². The third-order valence-corrected chi connectivity index (χ3v) is 4.91. The zero-order valence-corrected chi connectivity index (χ0v) is 16.0. The molecule has 0 spiro atoms. The Balaban J connectivity index is 1.59. The Labute approximate surface area is 168 Å². The second-order valence-corrected chi connectivity index (χ2v) is 7.01. The minimum absolute atomic E-state index is 0.0460. The normalized spacial score (nSPS) is 17.0. The standard InChI is InChI=1S/C21H21ClFN3O2/c22-20-4-2-1-3-19(20)21-15(11-24-12-18-14-27-9-10-28-18)13-26(25-21)17-7-5-16(23)6-8-17/h1-8,13,18,24H,9-12,14H2/t18-/m1/s1. The summed E-state index contributed by atoms with van der Waals surface area (Å²) in [6, 6.07) is 13.9. The van der Waals surface area contributed by atoms with Gasteiger partial charge in [0.25, 0.3) is 0 Å². The third kappa shape index (κ3) is 4.42. The van der Waals surface area contributed by atoms with Crippen molar-refractivity contribution in [1.29, 1.82) is 0 Å². The summed E-state index contributed by atoms with van der Waals surface area (Å²) in [5, 5.41) is 8.77. The van der Waals surface area contributed by atoms with Gasteiger partial charge in [0.05, 0.1) is 42.3 Å². The Morgan fingerprint density at radius 2 is 1.96 bits per heavy atom. The molecular formula is C21H21ClFN3O2. The highest BCUT2D eigenvalue weighted by molar-refractivity contribution is 6.33. The second-order valence-electron chi connectivity index (χ2n) is 6.60. The van der Waals surface area contributed by atoms with Crippen LogP contribution in [0.2, 0.25) is 5.02 Å². The van der Waals surface area contributed by atoms with E-state index in [0.717, 1.165) is 22.5 Å². The fourth-order valence-corrected chi connectivity index (χ4v) is 3.39. The summed E-state index contributed by atoms with van der Waals surface area (Å²) >= 11 is 6.41. The Bertz CT molecular complexity index is 924. The van der Waals surface area contributed by atoms with Crippen molar-refractivity contribution in [3.63, 3.8) is 0 Å². The molecule has 1 aliphatic rings. The first kappa shape index (κ1) is 19.1. The van der Waals surface area contributed by atoms with Gasteiger partial charge in [-0.1, -0.05) is 29.8 Å². The molecule has 0 radical (unpaired) electrons. The molecule has 1 N–H and O–H groups in total. The molecular weight excluding hydrogens is 381 g/mol. The lowest BCUT2D eigenvalue weighted by molar-refractivity contribution is -0.0864. The van der Waals surface area contributed by atoms with Crippen molar-refractivity contribution < 1.29 is 13.9 Å². The smallest absolute Gasteiger partial charge is 0.123 e. The van der Waals surface area contributed by atoms with Crippen molar-refractivity contribution >= 4 is 11.6 Å². The van der Waals surface area contributed by atoms with Crippen molar-refractivity contribution in [3.8, 4) is 16.9 Å². The Morgan fingerprint density at radius 1 is 1.14 bits per heavy atom. The molecule has 0 amide bonds. The van der Waals surface area contributed by atoms with Crippen molar-refractivity contribution in [2.24, 2.45) is 0 Å². The number of halogens is 2. The molecule has 1 aromatic heterocycles. The summed E-state index contributed by atoms with van der Waals surface area (Å²) < 4.78 is 26.1. The average Bonchev–Trinajstić information content (AvgIpc) is 3.13. The van der Waals surface area contributed by atoms with Crippen LogP contribution in [-0.4, -0.2) is 42.2 Å². The maximum atomic E-state index is 13.3. The molecule has 1 saturated heterocycles. The van der Waals surface area contributed by atoms with Crippen molar-refractivity contribution in [1.82, 2.24) is 15.1 Å². The van der Waals surface area contributed by atoms with E-state index in [0.29, 0.717) is 37.9 Å². The highest BCUT2D eigenvalue weighted by Crippen LogP contribution is 2.30. The van der Waals surface area contributed by atoms with Gasteiger partial charge in [0.2, 0.25) is 0 Å². The van der Waals surface area contributed by atoms with Gasteiger partial charge in [-0.2, -0.15) is 5.10 Å². The lowest BCUT2D eigenvalue weighted by Crippen LogP contribution is -2.37. The molecule has 0 unspecified atom stereocenters. The number of aromatic nitrogens is 2. The fraction of sp³-hybridized carbons (Fsp3) is 0.286. The second kappa shape index (κ2) is 8.84. The van der Waals surface area contributed by atoms with Gasteiger partial charge in [0, 0.05) is 30.4 Å². The molecule has 146 valence electrons. The summed E-state index contributed by atoms with van der Waals surface area (Å²) in [6.45, 7) is 3.15. The van der Waals surface area contributed by atoms with Gasteiger partial charge >= 0.3 is 0 Å². The van der Waals surface area contributed by atoms with Crippen molar-refractivity contribution in [3.05, 3.63) is 71.1 Å². The number of ether oxygens (including phenoxy) is 2. The zero-order valence-electron chi connectivity index (χ0n) is 15.3. The highest BCUT2D eigenvalue weighted by Gasteiger charge is 2.17. The van der Waals surface area contributed by atoms with E-state index < -0.39 is 0 Å². The molecule has 1 aliphatic heterocycles. The first-order valence-corrected chi connectivity index (χ1v) is 9.58. The van der Waals surface area contributed by atoms with E-state index in [1.54, 1.807) is 16.8 Å². The van der Waals surface area contributed by atoms with Crippen LogP contribution in [0.4, 0.5) is 4.39 Å². The summed E-state index contributed by atoms with van der Waals surface area (Å²) in [4.78, 5) is 0. The van der Waals surface area contributed by atoms with E-state index in [4.69, 9.17) is 26.2 Å². The lowest BCUT2D eigenvalue weighted by Gasteiger charge is -2.23. The van der Waals surface area contributed by atoms with E-state index in [-0.39, 0.29) is 11.9 Å². The van der Waals surface area contributed by atoms with Gasteiger partial charge in [-0.15, -0.1) is 0 Å². The molecule has 1 fully saturated rings. The molecule has 5 nitrogen and oxygen atoms in total. The van der Waals surface area contributed by atoms with Gasteiger partial charge < -0.3 is 14.8 Å². The molecule has 3 aromatic rings. The van der Waals surface area contributed by atoms with Crippen LogP contribution in [0.3, 0.4) is 0 Å². The monoisotopic (exact) mass is 401 g/mol. The average molecular weight is 402 g/mol. The largest absolute Gasteiger partial charge is 0.376 e. The van der Waals surface area contributed by atoms with E-state index >= 15 is 0 Å². The van der Waals surface area contributed by atoms with Gasteiger partial charge in [0.15, 0.2) is 0 Å². The van der Waals surface area contributed by atoms with Gasteiger partial charge in [0.1, 0.15) is 5.82 Å².